The third kappa shape index (κ3) is 3.98. The van der Waals surface area contributed by atoms with Gasteiger partial charge in [0.1, 0.15) is 6.04 Å². The first-order valence-electron chi connectivity index (χ1n) is 6.79. The molecule has 1 saturated carbocycles. The van der Waals surface area contributed by atoms with Crippen molar-refractivity contribution in [2.24, 2.45) is 17.8 Å². The Kier molecular flexibility index (Phi) is 5.44. The highest BCUT2D eigenvalue weighted by atomic mass is 16.5. The summed E-state index contributed by atoms with van der Waals surface area (Å²) in [5.41, 5.74) is 0. The van der Waals surface area contributed by atoms with E-state index in [0.717, 1.165) is 5.92 Å². The van der Waals surface area contributed by atoms with Gasteiger partial charge in [0.25, 0.3) is 0 Å². The number of nitrogens with one attached hydrogen (secondary N) is 1. The highest BCUT2D eigenvalue weighted by molar-refractivity contribution is 5.75. The van der Waals surface area contributed by atoms with E-state index in [1.54, 1.807) is 0 Å². The van der Waals surface area contributed by atoms with Crippen LogP contribution in [0, 0.1) is 17.8 Å². The molecule has 0 aromatic heterocycles. The van der Waals surface area contributed by atoms with Crippen LogP contribution in [0.4, 0.5) is 0 Å². The number of rotatable bonds is 4. The molecule has 0 aromatic rings. The molecule has 3 unspecified atom stereocenters. The summed E-state index contributed by atoms with van der Waals surface area (Å²) in [6, 6.07) is 0.254. The van der Waals surface area contributed by atoms with Crippen LogP contribution < -0.4 is 5.32 Å². The topological polar surface area (TPSA) is 38.3 Å². The summed E-state index contributed by atoms with van der Waals surface area (Å²) in [4.78, 5) is 11.5. The summed E-state index contributed by atoms with van der Waals surface area (Å²) < 4.78 is 4.77. The van der Waals surface area contributed by atoms with E-state index in [1.165, 1.54) is 26.4 Å². The number of ether oxygens (including phenoxy) is 1. The Morgan fingerprint density at radius 1 is 1.29 bits per heavy atom. The Labute approximate surface area is 105 Å². The molecule has 0 aliphatic heterocycles. The number of carbonyl (C=O) groups excluding carboxylic acids is 1. The average Bonchev–Trinajstić information content (AvgIpc) is 2.27. The van der Waals surface area contributed by atoms with Crippen LogP contribution in [0.25, 0.3) is 0 Å². The third-order valence-corrected chi connectivity index (χ3v) is 4.04. The lowest BCUT2D eigenvalue weighted by Gasteiger charge is -2.39. The molecule has 1 rings (SSSR count). The molecule has 3 nitrogen and oxygen atoms in total. The highest BCUT2D eigenvalue weighted by Gasteiger charge is 2.32. The van der Waals surface area contributed by atoms with Gasteiger partial charge < -0.3 is 10.1 Å². The van der Waals surface area contributed by atoms with E-state index < -0.39 is 0 Å². The van der Waals surface area contributed by atoms with E-state index >= 15 is 0 Å². The van der Waals surface area contributed by atoms with Crippen LogP contribution in [0.15, 0.2) is 0 Å². The molecule has 0 amide bonds. The van der Waals surface area contributed by atoms with Crippen molar-refractivity contribution in [3.05, 3.63) is 0 Å². The van der Waals surface area contributed by atoms with Crippen LogP contribution in [0.5, 0.6) is 0 Å². The van der Waals surface area contributed by atoms with Crippen molar-refractivity contribution in [1.29, 1.82) is 0 Å². The fourth-order valence-electron chi connectivity index (χ4n) is 2.96. The molecule has 1 fully saturated rings. The second-order valence-electron chi connectivity index (χ2n) is 5.84. The summed E-state index contributed by atoms with van der Waals surface area (Å²) in [6.45, 7) is 8.74. The molecule has 17 heavy (non-hydrogen) atoms. The van der Waals surface area contributed by atoms with Crippen molar-refractivity contribution in [2.45, 2.75) is 59.0 Å². The Morgan fingerprint density at radius 3 is 2.47 bits per heavy atom. The summed E-state index contributed by atoms with van der Waals surface area (Å²) in [7, 11) is 1.45. The smallest absolute Gasteiger partial charge is 0.322 e. The molecule has 0 radical (unpaired) electrons. The molecule has 1 aliphatic rings. The van der Waals surface area contributed by atoms with Gasteiger partial charge >= 0.3 is 5.97 Å². The first-order valence-corrected chi connectivity index (χ1v) is 6.79. The molecule has 3 heteroatoms. The summed E-state index contributed by atoms with van der Waals surface area (Å²) in [5, 5.41) is 3.46. The van der Waals surface area contributed by atoms with Crippen molar-refractivity contribution in [3.8, 4) is 0 Å². The lowest BCUT2D eigenvalue weighted by molar-refractivity contribution is -0.143. The maximum Gasteiger partial charge on any atom is 0.322 e. The predicted molar refractivity (Wildman–Crippen MR) is 69.7 cm³/mol. The quantitative estimate of drug-likeness (QED) is 0.769. The van der Waals surface area contributed by atoms with Gasteiger partial charge in [-0.2, -0.15) is 0 Å². The van der Waals surface area contributed by atoms with Gasteiger partial charge in [0.15, 0.2) is 0 Å². The normalized spacial score (nSPS) is 31.3. The molecule has 0 saturated heterocycles. The van der Waals surface area contributed by atoms with Gasteiger partial charge in [-0.1, -0.05) is 27.2 Å². The van der Waals surface area contributed by atoms with Crippen molar-refractivity contribution < 1.29 is 9.53 Å². The fourth-order valence-corrected chi connectivity index (χ4v) is 2.96. The minimum absolute atomic E-state index is 0.161. The molecule has 1 aliphatic carbocycles. The molecule has 0 spiro atoms. The Balaban J connectivity index is 2.60. The zero-order chi connectivity index (χ0) is 13.0. The monoisotopic (exact) mass is 241 g/mol. The summed E-state index contributed by atoms with van der Waals surface area (Å²) in [6.07, 6.45) is 3.75. The lowest BCUT2D eigenvalue weighted by Crippen LogP contribution is -2.49. The van der Waals surface area contributed by atoms with Crippen molar-refractivity contribution in [3.63, 3.8) is 0 Å². The first kappa shape index (κ1) is 14.5. The molecule has 100 valence electrons. The Morgan fingerprint density at radius 2 is 1.94 bits per heavy atom. The van der Waals surface area contributed by atoms with Crippen LogP contribution >= 0.6 is 0 Å². The van der Waals surface area contributed by atoms with Gasteiger partial charge in [-0.15, -0.1) is 0 Å². The van der Waals surface area contributed by atoms with Gasteiger partial charge in [-0.3, -0.25) is 4.79 Å². The zero-order valence-electron chi connectivity index (χ0n) is 11.8. The molecule has 4 atom stereocenters. The zero-order valence-corrected chi connectivity index (χ0v) is 11.8. The second kappa shape index (κ2) is 6.39. The fraction of sp³-hybridized carbons (Fsp3) is 0.929. The van der Waals surface area contributed by atoms with E-state index in [1.807, 2.05) is 6.92 Å². The Hall–Kier alpha value is -0.570. The van der Waals surface area contributed by atoms with Gasteiger partial charge in [0.05, 0.1) is 7.11 Å². The number of hydrogen-bond acceptors (Lipinski definition) is 3. The summed E-state index contributed by atoms with van der Waals surface area (Å²) >= 11 is 0. The average molecular weight is 241 g/mol. The van der Waals surface area contributed by atoms with Gasteiger partial charge in [-0.05, 0) is 37.5 Å². The van der Waals surface area contributed by atoms with E-state index in [-0.39, 0.29) is 12.0 Å². The molecule has 0 aromatic carbocycles. The minimum atomic E-state index is -0.198. The van der Waals surface area contributed by atoms with Crippen molar-refractivity contribution >= 4 is 5.97 Å². The second-order valence-corrected chi connectivity index (χ2v) is 5.84. The van der Waals surface area contributed by atoms with Gasteiger partial charge in [0, 0.05) is 6.04 Å². The molecule has 0 bridgehead atoms. The van der Waals surface area contributed by atoms with Crippen molar-refractivity contribution in [1.82, 2.24) is 5.32 Å². The van der Waals surface area contributed by atoms with E-state index in [2.05, 4.69) is 26.1 Å². The number of methoxy groups -OCH3 is 1. The maximum atomic E-state index is 11.5. The van der Waals surface area contributed by atoms with Crippen LogP contribution in [0.2, 0.25) is 0 Å². The molecule has 0 heterocycles. The van der Waals surface area contributed by atoms with E-state index in [4.69, 9.17) is 4.74 Å². The lowest BCUT2D eigenvalue weighted by atomic mass is 9.74. The maximum absolute atomic E-state index is 11.5. The molecule has 1 N–H and O–H groups in total. The number of esters is 1. The molecular weight excluding hydrogens is 214 g/mol. The van der Waals surface area contributed by atoms with Crippen LogP contribution in [0.1, 0.15) is 47.0 Å². The minimum Gasteiger partial charge on any atom is -0.468 e. The van der Waals surface area contributed by atoms with Crippen LogP contribution in [0.3, 0.4) is 0 Å². The SMILES string of the molecule is COC(=O)[C@H](C)NC1CC(C)CCC1C(C)C. The van der Waals surface area contributed by atoms with Gasteiger partial charge in [0.2, 0.25) is 0 Å². The predicted octanol–water partition coefficient (Wildman–Crippen LogP) is 2.60. The summed E-state index contributed by atoms with van der Waals surface area (Å²) in [5.74, 6) is 1.95. The highest BCUT2D eigenvalue weighted by Crippen LogP contribution is 2.33. The third-order valence-electron chi connectivity index (χ3n) is 4.04. The molecular formula is C14H27NO2. The van der Waals surface area contributed by atoms with Crippen LogP contribution in [-0.4, -0.2) is 25.2 Å². The van der Waals surface area contributed by atoms with E-state index in [9.17, 15) is 4.79 Å². The standard InChI is InChI=1S/C14H27NO2/c1-9(2)12-7-6-10(3)8-13(12)15-11(4)14(16)17-5/h9-13,15H,6-8H2,1-5H3/t10?,11-,12?,13?/m0/s1. The van der Waals surface area contributed by atoms with Crippen LogP contribution in [-0.2, 0) is 9.53 Å². The largest absolute Gasteiger partial charge is 0.468 e. The Bertz CT molecular complexity index is 253. The first-order chi connectivity index (χ1) is 7.95. The van der Waals surface area contributed by atoms with E-state index in [0.29, 0.717) is 17.9 Å². The number of carbonyl (C=O) groups is 1. The van der Waals surface area contributed by atoms with Gasteiger partial charge in [-0.25, -0.2) is 0 Å². The van der Waals surface area contributed by atoms with Crippen molar-refractivity contribution in [2.75, 3.05) is 7.11 Å². The number of hydrogen-bond donors (Lipinski definition) is 1.